The molecular weight excluding hydrogens is 338 g/mol. The molecule has 112 valence electrons. The van der Waals surface area contributed by atoms with Gasteiger partial charge >= 0.3 is 0 Å². The van der Waals surface area contributed by atoms with Gasteiger partial charge in [-0.15, -0.1) is 0 Å². The van der Waals surface area contributed by atoms with Crippen LogP contribution in [0.4, 0.5) is 5.69 Å². The number of hydrogen-bond acceptors (Lipinski definition) is 5. The molecule has 1 fully saturated rings. The first-order valence-corrected chi connectivity index (χ1v) is 7.36. The maximum absolute atomic E-state index is 11.7. The molecule has 0 saturated carbocycles. The summed E-state index contributed by atoms with van der Waals surface area (Å²) in [6.07, 6.45) is 3.35. The number of rotatable bonds is 4. The van der Waals surface area contributed by atoms with Crippen LogP contribution in [0.25, 0.3) is 5.52 Å². The SMILES string of the molecule is CO[C@@H]1CNC[C@@H]1Nc1c(C(N)=O)cnn2cc(Br)cc12. The molecule has 1 aliphatic heterocycles. The van der Waals surface area contributed by atoms with Crippen molar-refractivity contribution in [1.29, 1.82) is 0 Å². The maximum Gasteiger partial charge on any atom is 0.252 e. The third-order valence-corrected chi connectivity index (χ3v) is 4.09. The van der Waals surface area contributed by atoms with Crippen molar-refractivity contribution in [3.63, 3.8) is 0 Å². The molecule has 0 radical (unpaired) electrons. The Labute approximate surface area is 130 Å². The van der Waals surface area contributed by atoms with Gasteiger partial charge in [0.2, 0.25) is 0 Å². The molecule has 21 heavy (non-hydrogen) atoms. The van der Waals surface area contributed by atoms with Crippen molar-refractivity contribution in [2.24, 2.45) is 5.73 Å². The lowest BCUT2D eigenvalue weighted by atomic mass is 10.1. The molecule has 1 saturated heterocycles. The van der Waals surface area contributed by atoms with Gasteiger partial charge in [-0.05, 0) is 22.0 Å². The van der Waals surface area contributed by atoms with Crippen LogP contribution in [0.3, 0.4) is 0 Å². The summed E-state index contributed by atoms with van der Waals surface area (Å²) in [7, 11) is 1.68. The van der Waals surface area contributed by atoms with Crippen LogP contribution in [0.5, 0.6) is 0 Å². The summed E-state index contributed by atoms with van der Waals surface area (Å²) < 4.78 is 8.02. The number of amides is 1. The largest absolute Gasteiger partial charge is 0.378 e. The van der Waals surface area contributed by atoms with Crippen molar-refractivity contribution in [3.8, 4) is 0 Å². The fraction of sp³-hybridized carbons (Fsp3) is 0.385. The van der Waals surface area contributed by atoms with Crippen molar-refractivity contribution in [2.75, 3.05) is 25.5 Å². The van der Waals surface area contributed by atoms with Crippen LogP contribution in [-0.2, 0) is 4.74 Å². The van der Waals surface area contributed by atoms with Crippen LogP contribution < -0.4 is 16.4 Å². The van der Waals surface area contributed by atoms with E-state index >= 15 is 0 Å². The Bertz CT molecular complexity index is 686. The molecule has 4 N–H and O–H groups in total. The van der Waals surface area contributed by atoms with E-state index in [-0.39, 0.29) is 12.1 Å². The fourth-order valence-electron chi connectivity index (χ4n) is 2.60. The third-order valence-electron chi connectivity index (χ3n) is 3.66. The summed E-state index contributed by atoms with van der Waals surface area (Å²) in [5.74, 6) is -0.509. The van der Waals surface area contributed by atoms with Gasteiger partial charge in [-0.2, -0.15) is 5.10 Å². The summed E-state index contributed by atoms with van der Waals surface area (Å²) in [5.41, 5.74) is 7.31. The zero-order chi connectivity index (χ0) is 15.0. The number of aromatic nitrogens is 2. The zero-order valence-electron chi connectivity index (χ0n) is 11.5. The van der Waals surface area contributed by atoms with Gasteiger partial charge in [-0.1, -0.05) is 0 Å². The Hall–Kier alpha value is -1.64. The zero-order valence-corrected chi connectivity index (χ0v) is 13.1. The quantitative estimate of drug-likeness (QED) is 0.748. The fourth-order valence-corrected chi connectivity index (χ4v) is 3.01. The second-order valence-electron chi connectivity index (χ2n) is 4.97. The summed E-state index contributed by atoms with van der Waals surface area (Å²) in [4.78, 5) is 11.7. The molecule has 0 aromatic carbocycles. The van der Waals surface area contributed by atoms with Crippen LogP contribution in [0, 0.1) is 0 Å². The smallest absolute Gasteiger partial charge is 0.252 e. The number of hydrogen-bond donors (Lipinski definition) is 3. The van der Waals surface area contributed by atoms with E-state index in [4.69, 9.17) is 10.5 Å². The number of primary amides is 1. The Morgan fingerprint density at radius 3 is 3.14 bits per heavy atom. The first-order valence-electron chi connectivity index (χ1n) is 6.57. The second-order valence-corrected chi connectivity index (χ2v) is 5.88. The lowest BCUT2D eigenvalue weighted by Crippen LogP contribution is -2.34. The van der Waals surface area contributed by atoms with Gasteiger partial charge in [0, 0.05) is 30.9 Å². The minimum atomic E-state index is -0.509. The first kappa shape index (κ1) is 14.3. The average Bonchev–Trinajstić information content (AvgIpc) is 3.03. The molecule has 3 rings (SSSR count). The Morgan fingerprint density at radius 1 is 1.62 bits per heavy atom. The summed E-state index contributed by atoms with van der Waals surface area (Å²) >= 11 is 3.42. The normalized spacial score (nSPS) is 21.8. The predicted molar refractivity (Wildman–Crippen MR) is 82.5 cm³/mol. The molecule has 2 aromatic heterocycles. The predicted octanol–water partition coefficient (Wildman–Crippen LogP) is 0.594. The summed E-state index contributed by atoms with van der Waals surface area (Å²) in [5, 5.41) is 10.8. The molecule has 0 spiro atoms. The van der Waals surface area contributed by atoms with E-state index in [2.05, 4.69) is 31.7 Å². The van der Waals surface area contributed by atoms with Gasteiger partial charge in [0.05, 0.1) is 35.1 Å². The number of carbonyl (C=O) groups is 1. The van der Waals surface area contributed by atoms with Crippen molar-refractivity contribution >= 4 is 33.0 Å². The van der Waals surface area contributed by atoms with E-state index in [1.807, 2.05) is 12.3 Å². The van der Waals surface area contributed by atoms with Crippen LogP contribution in [-0.4, -0.2) is 47.9 Å². The maximum atomic E-state index is 11.7. The number of nitrogens with one attached hydrogen (secondary N) is 2. The van der Waals surface area contributed by atoms with E-state index in [0.29, 0.717) is 11.3 Å². The van der Waals surface area contributed by atoms with E-state index in [9.17, 15) is 4.79 Å². The van der Waals surface area contributed by atoms with Gasteiger partial charge in [0.15, 0.2) is 0 Å². The molecule has 0 aliphatic carbocycles. The van der Waals surface area contributed by atoms with Crippen LogP contribution in [0.15, 0.2) is 22.9 Å². The molecule has 3 heterocycles. The number of anilines is 1. The average molecular weight is 354 g/mol. The molecule has 0 bridgehead atoms. The van der Waals surface area contributed by atoms with E-state index in [1.165, 1.54) is 6.20 Å². The topological polar surface area (TPSA) is 93.7 Å². The second kappa shape index (κ2) is 5.63. The number of carbonyl (C=O) groups excluding carboxylic acids is 1. The van der Waals surface area contributed by atoms with Gasteiger partial charge < -0.3 is 21.1 Å². The first-order chi connectivity index (χ1) is 10.1. The number of halogens is 1. The third kappa shape index (κ3) is 2.61. The Morgan fingerprint density at radius 2 is 2.43 bits per heavy atom. The van der Waals surface area contributed by atoms with Crippen LogP contribution in [0.1, 0.15) is 10.4 Å². The highest BCUT2D eigenvalue weighted by Gasteiger charge is 2.28. The molecule has 0 unspecified atom stereocenters. The lowest BCUT2D eigenvalue weighted by Gasteiger charge is -2.21. The number of nitrogens with zero attached hydrogens (tertiary/aromatic N) is 2. The van der Waals surface area contributed by atoms with Crippen molar-refractivity contribution in [3.05, 3.63) is 28.5 Å². The molecule has 1 amide bonds. The Balaban J connectivity index is 2.05. The van der Waals surface area contributed by atoms with Crippen molar-refractivity contribution < 1.29 is 9.53 Å². The van der Waals surface area contributed by atoms with E-state index in [1.54, 1.807) is 11.6 Å². The highest BCUT2D eigenvalue weighted by molar-refractivity contribution is 9.10. The minimum Gasteiger partial charge on any atom is -0.378 e. The molecular formula is C13H16BrN5O2. The van der Waals surface area contributed by atoms with Crippen LogP contribution >= 0.6 is 15.9 Å². The highest BCUT2D eigenvalue weighted by Crippen LogP contribution is 2.27. The Kier molecular flexibility index (Phi) is 3.83. The molecule has 8 heteroatoms. The molecule has 2 aromatic rings. The molecule has 1 aliphatic rings. The monoisotopic (exact) mass is 353 g/mol. The number of fused-ring (bicyclic) bond motifs is 1. The summed E-state index contributed by atoms with van der Waals surface area (Å²) in [6.45, 7) is 1.53. The van der Waals surface area contributed by atoms with Crippen molar-refractivity contribution in [1.82, 2.24) is 14.9 Å². The van der Waals surface area contributed by atoms with Gasteiger partial charge in [0.1, 0.15) is 0 Å². The minimum absolute atomic E-state index is 0.0392. The molecule has 2 atom stereocenters. The van der Waals surface area contributed by atoms with Gasteiger partial charge in [-0.25, -0.2) is 4.52 Å². The van der Waals surface area contributed by atoms with Crippen molar-refractivity contribution in [2.45, 2.75) is 12.1 Å². The van der Waals surface area contributed by atoms with Gasteiger partial charge in [0.25, 0.3) is 5.91 Å². The lowest BCUT2D eigenvalue weighted by molar-refractivity contribution is 0.0999. The highest BCUT2D eigenvalue weighted by atomic mass is 79.9. The summed E-state index contributed by atoms with van der Waals surface area (Å²) in [6, 6.07) is 1.96. The van der Waals surface area contributed by atoms with Crippen LogP contribution in [0.2, 0.25) is 0 Å². The number of ether oxygens (including phenoxy) is 1. The molecule has 7 nitrogen and oxygen atoms in total. The van der Waals surface area contributed by atoms with Gasteiger partial charge in [-0.3, -0.25) is 4.79 Å². The number of methoxy groups -OCH3 is 1. The van der Waals surface area contributed by atoms with E-state index in [0.717, 1.165) is 23.1 Å². The number of nitrogens with two attached hydrogens (primary N) is 1. The standard InChI is InChI=1S/C13H16BrN5O2/c1-21-11-5-16-4-9(11)18-12-8(13(15)20)3-17-19-6-7(14)2-10(12)19/h2-3,6,9,11,16,18H,4-5H2,1H3,(H2,15,20)/t9-,11+/m0/s1. The van der Waals surface area contributed by atoms with E-state index < -0.39 is 5.91 Å².